The van der Waals surface area contributed by atoms with E-state index in [1.807, 2.05) is 0 Å². The monoisotopic (exact) mass is 265 g/mol. The van der Waals surface area contributed by atoms with Crippen molar-refractivity contribution >= 4 is 5.57 Å². The average Bonchev–Trinajstić information content (AvgIpc) is 2.74. The van der Waals surface area contributed by atoms with Crippen LogP contribution in [0.2, 0.25) is 0 Å². The molecule has 1 aliphatic rings. The van der Waals surface area contributed by atoms with E-state index in [0.717, 1.165) is 36.1 Å². The Morgan fingerprint density at radius 2 is 2.05 bits per heavy atom. The van der Waals surface area contributed by atoms with Gasteiger partial charge in [0.15, 0.2) is 11.6 Å². The van der Waals surface area contributed by atoms with Gasteiger partial charge in [0.25, 0.3) is 0 Å². The van der Waals surface area contributed by atoms with Crippen molar-refractivity contribution in [3.05, 3.63) is 45.9 Å². The summed E-state index contributed by atoms with van der Waals surface area (Å²) < 4.78 is 26.3. The van der Waals surface area contributed by atoms with Crippen LogP contribution in [-0.4, -0.2) is 6.04 Å². The summed E-state index contributed by atoms with van der Waals surface area (Å²) in [6.45, 7) is 4.19. The predicted molar refractivity (Wildman–Crippen MR) is 71.6 cm³/mol. The van der Waals surface area contributed by atoms with Crippen LogP contribution in [-0.2, 0) is 0 Å². The van der Waals surface area contributed by atoms with Crippen molar-refractivity contribution in [3.63, 3.8) is 0 Å². The number of allylic oxidation sites excluding steroid dienone is 1. The molecule has 0 fully saturated rings. The number of benzene rings is 1. The lowest BCUT2D eigenvalue weighted by Gasteiger charge is -2.12. The van der Waals surface area contributed by atoms with Crippen LogP contribution in [0.5, 0.6) is 0 Å². The molecule has 0 amide bonds. The summed E-state index contributed by atoms with van der Waals surface area (Å²) in [5, 5.41) is 3.13. The molecule has 0 bridgehead atoms. The van der Waals surface area contributed by atoms with Gasteiger partial charge in [-0.2, -0.15) is 4.91 Å². The zero-order valence-electron chi connectivity index (χ0n) is 11.1. The second kappa shape index (κ2) is 5.59. The number of hydrogen-bond donors (Lipinski definition) is 0. The zero-order chi connectivity index (χ0) is 14.0. The van der Waals surface area contributed by atoms with Gasteiger partial charge in [0.05, 0.1) is 0 Å². The largest absolute Gasteiger partial charge is 0.204 e. The van der Waals surface area contributed by atoms with Gasteiger partial charge in [-0.05, 0) is 48.4 Å². The Morgan fingerprint density at radius 3 is 2.63 bits per heavy atom. The summed E-state index contributed by atoms with van der Waals surface area (Å²) in [6, 6.07) is 3.36. The Kier molecular flexibility index (Phi) is 4.08. The van der Waals surface area contributed by atoms with Crippen LogP contribution < -0.4 is 0 Å². The van der Waals surface area contributed by atoms with Crippen LogP contribution in [0.1, 0.15) is 38.7 Å². The van der Waals surface area contributed by atoms with E-state index in [9.17, 15) is 13.7 Å². The van der Waals surface area contributed by atoms with Crippen LogP contribution in [0.4, 0.5) is 8.78 Å². The summed E-state index contributed by atoms with van der Waals surface area (Å²) in [5.74, 6) is -1.30. The summed E-state index contributed by atoms with van der Waals surface area (Å²) >= 11 is 0. The van der Waals surface area contributed by atoms with Gasteiger partial charge in [0.2, 0.25) is 0 Å². The summed E-state index contributed by atoms with van der Waals surface area (Å²) in [7, 11) is 0. The predicted octanol–water partition coefficient (Wildman–Crippen LogP) is 4.69. The summed E-state index contributed by atoms with van der Waals surface area (Å²) in [6.07, 6.45) is 2.34. The van der Waals surface area contributed by atoms with Gasteiger partial charge in [0, 0.05) is 0 Å². The third kappa shape index (κ3) is 2.88. The third-order valence-corrected chi connectivity index (χ3v) is 3.45. The molecule has 0 spiro atoms. The molecule has 2 nitrogen and oxygen atoms in total. The quantitative estimate of drug-likeness (QED) is 0.726. The molecule has 102 valence electrons. The molecule has 19 heavy (non-hydrogen) atoms. The van der Waals surface area contributed by atoms with E-state index in [2.05, 4.69) is 19.0 Å². The molecule has 1 unspecified atom stereocenters. The molecule has 1 aliphatic carbocycles. The molecule has 1 atom stereocenters. The minimum absolute atomic E-state index is 0.432. The van der Waals surface area contributed by atoms with E-state index in [-0.39, 0.29) is 0 Å². The molecule has 0 heterocycles. The van der Waals surface area contributed by atoms with Gasteiger partial charge < -0.3 is 0 Å². The molecular formula is C15H17F2NO. The number of hydrogen-bond acceptors (Lipinski definition) is 2. The first-order chi connectivity index (χ1) is 9.02. The number of nitroso groups, excluding NO2 is 1. The zero-order valence-corrected chi connectivity index (χ0v) is 11.1. The molecule has 0 saturated heterocycles. The molecule has 0 radical (unpaired) electrons. The third-order valence-electron chi connectivity index (χ3n) is 3.45. The second-order valence-corrected chi connectivity index (χ2v) is 5.40. The Morgan fingerprint density at radius 1 is 1.32 bits per heavy atom. The molecule has 0 N–H and O–H groups in total. The second-order valence-electron chi connectivity index (χ2n) is 5.40. The minimum Gasteiger partial charge on any atom is -0.204 e. The van der Waals surface area contributed by atoms with Crippen LogP contribution in [0.3, 0.4) is 0 Å². The van der Waals surface area contributed by atoms with Crippen molar-refractivity contribution in [1.29, 1.82) is 0 Å². The molecule has 1 aromatic carbocycles. The highest BCUT2D eigenvalue weighted by Crippen LogP contribution is 2.39. The maximum Gasteiger partial charge on any atom is 0.159 e. The van der Waals surface area contributed by atoms with Gasteiger partial charge in [-0.25, -0.2) is 8.78 Å². The van der Waals surface area contributed by atoms with Gasteiger partial charge in [-0.3, -0.25) is 0 Å². The minimum atomic E-state index is -0.884. The average molecular weight is 265 g/mol. The Balaban J connectivity index is 2.45. The fraction of sp³-hybridized carbons (Fsp3) is 0.467. The molecule has 4 heteroatoms. The van der Waals surface area contributed by atoms with E-state index in [0.29, 0.717) is 17.9 Å². The first-order valence-corrected chi connectivity index (χ1v) is 6.52. The molecular weight excluding hydrogens is 248 g/mol. The highest BCUT2D eigenvalue weighted by Gasteiger charge is 2.28. The van der Waals surface area contributed by atoms with Crippen LogP contribution in [0.25, 0.3) is 5.57 Å². The van der Waals surface area contributed by atoms with Gasteiger partial charge in [-0.1, -0.05) is 30.7 Å². The maximum atomic E-state index is 13.3. The smallest absolute Gasteiger partial charge is 0.159 e. The Labute approximate surface area is 111 Å². The lowest BCUT2D eigenvalue weighted by atomic mass is 9.94. The number of nitrogens with zero attached hydrogens (tertiary/aromatic N) is 1. The van der Waals surface area contributed by atoms with E-state index in [1.54, 1.807) is 0 Å². The normalized spacial score (nSPS) is 19.3. The van der Waals surface area contributed by atoms with Gasteiger partial charge in [0.1, 0.15) is 6.04 Å². The van der Waals surface area contributed by atoms with E-state index >= 15 is 0 Å². The van der Waals surface area contributed by atoms with Crippen LogP contribution >= 0.6 is 0 Å². The topological polar surface area (TPSA) is 29.4 Å². The van der Waals surface area contributed by atoms with Gasteiger partial charge in [-0.15, -0.1) is 0 Å². The molecule has 0 saturated carbocycles. The van der Waals surface area contributed by atoms with Gasteiger partial charge >= 0.3 is 0 Å². The van der Waals surface area contributed by atoms with Crippen LogP contribution in [0.15, 0.2) is 28.9 Å². The van der Waals surface area contributed by atoms with Crippen molar-refractivity contribution in [2.45, 2.75) is 39.2 Å². The highest BCUT2D eigenvalue weighted by molar-refractivity contribution is 5.75. The SMILES string of the molecule is CC(C)CC1=C(c2ccc(F)c(F)c2)C(N=O)CC1. The first-order valence-electron chi connectivity index (χ1n) is 6.52. The Hall–Kier alpha value is -1.58. The molecule has 0 aliphatic heterocycles. The molecule has 2 rings (SSSR count). The fourth-order valence-corrected chi connectivity index (χ4v) is 2.70. The number of halogens is 2. The summed E-state index contributed by atoms with van der Waals surface area (Å²) in [4.78, 5) is 10.9. The van der Waals surface area contributed by atoms with Crippen molar-refractivity contribution in [1.82, 2.24) is 0 Å². The van der Waals surface area contributed by atoms with E-state index in [4.69, 9.17) is 0 Å². The molecule has 1 aromatic rings. The van der Waals surface area contributed by atoms with Crippen molar-refractivity contribution in [2.75, 3.05) is 0 Å². The van der Waals surface area contributed by atoms with Crippen LogP contribution in [0, 0.1) is 22.5 Å². The van der Waals surface area contributed by atoms with Crippen molar-refractivity contribution in [3.8, 4) is 0 Å². The highest BCUT2D eigenvalue weighted by atomic mass is 19.2. The van der Waals surface area contributed by atoms with E-state index in [1.165, 1.54) is 6.07 Å². The van der Waals surface area contributed by atoms with E-state index < -0.39 is 17.7 Å². The summed E-state index contributed by atoms with van der Waals surface area (Å²) in [5.41, 5.74) is 2.52. The lowest BCUT2D eigenvalue weighted by Crippen LogP contribution is -2.03. The standard InChI is InChI=1S/C15H17F2NO/c1-9(2)7-10-4-6-14(18-19)15(10)11-3-5-12(16)13(17)8-11/h3,5,8-9,14H,4,6-7H2,1-2H3. The Bertz CT molecular complexity index is 523. The van der Waals surface area contributed by atoms with Crippen molar-refractivity contribution < 1.29 is 8.78 Å². The first kappa shape index (κ1) is 13.8. The maximum absolute atomic E-state index is 13.3. The van der Waals surface area contributed by atoms with Crippen molar-refractivity contribution in [2.24, 2.45) is 11.1 Å². The molecule has 0 aromatic heterocycles. The number of rotatable bonds is 4. The lowest BCUT2D eigenvalue weighted by molar-refractivity contribution is 0.508. The fourth-order valence-electron chi connectivity index (χ4n) is 2.70.